The van der Waals surface area contributed by atoms with Crippen molar-refractivity contribution in [3.8, 4) is 6.07 Å². The van der Waals surface area contributed by atoms with Gasteiger partial charge in [-0.1, -0.05) is 35.9 Å². The van der Waals surface area contributed by atoms with E-state index in [0.717, 1.165) is 10.9 Å². The monoisotopic (exact) mass is 356 g/mol. The van der Waals surface area contributed by atoms with Gasteiger partial charge in [0, 0.05) is 24.0 Å². The van der Waals surface area contributed by atoms with Crippen molar-refractivity contribution in [1.82, 2.24) is 10.3 Å². The van der Waals surface area contributed by atoms with E-state index >= 15 is 0 Å². The van der Waals surface area contributed by atoms with E-state index in [1.165, 1.54) is 12.1 Å². The zero-order valence-electron chi connectivity index (χ0n) is 13.1. The Hall–Kier alpha value is -3.04. The maximum absolute atomic E-state index is 13.5. The van der Waals surface area contributed by atoms with Crippen molar-refractivity contribution in [3.63, 3.8) is 0 Å². The van der Waals surface area contributed by atoms with Gasteiger partial charge in [0.05, 0.1) is 10.7 Å². The molecule has 0 bridgehead atoms. The Labute approximate surface area is 148 Å². The van der Waals surface area contributed by atoms with Crippen molar-refractivity contribution in [1.29, 1.82) is 5.26 Å². The van der Waals surface area contributed by atoms with Gasteiger partial charge in [0.25, 0.3) is 5.91 Å². The van der Waals surface area contributed by atoms with Gasteiger partial charge in [0.15, 0.2) is 0 Å². The van der Waals surface area contributed by atoms with Crippen LogP contribution in [0.1, 0.15) is 16.1 Å². The molecule has 0 aliphatic carbocycles. The molecule has 0 unspecified atom stereocenters. The minimum absolute atomic E-state index is 0.0486. The van der Waals surface area contributed by atoms with E-state index in [2.05, 4.69) is 15.6 Å². The number of hydrogen-bond donors (Lipinski definition) is 3. The summed E-state index contributed by atoms with van der Waals surface area (Å²) in [5.41, 5.74) is 1.42. The number of halogens is 2. The first-order valence-electron chi connectivity index (χ1n) is 7.58. The highest BCUT2D eigenvalue weighted by Gasteiger charge is 2.15. The van der Waals surface area contributed by atoms with Gasteiger partial charge in [0.2, 0.25) is 0 Å². The third kappa shape index (κ3) is 3.42. The van der Waals surface area contributed by atoms with Crippen LogP contribution < -0.4 is 10.6 Å². The molecule has 0 spiro atoms. The van der Waals surface area contributed by atoms with Crippen LogP contribution in [-0.4, -0.2) is 24.0 Å². The van der Waals surface area contributed by atoms with E-state index in [0.29, 0.717) is 22.9 Å². The SMILES string of the molecule is N#Cc1c(F)cccc1NCCNC(=O)c1[nH]c2ccccc2c1Cl. The number of nitrogens with zero attached hydrogens (tertiary/aromatic N) is 1. The third-order valence-electron chi connectivity index (χ3n) is 3.72. The number of carbonyl (C=O) groups is 1. The molecular weight excluding hydrogens is 343 g/mol. The summed E-state index contributed by atoms with van der Waals surface area (Å²) in [7, 11) is 0. The first-order valence-corrected chi connectivity index (χ1v) is 7.96. The summed E-state index contributed by atoms with van der Waals surface area (Å²) in [4.78, 5) is 15.2. The van der Waals surface area contributed by atoms with Gasteiger partial charge in [0.1, 0.15) is 23.1 Å². The molecule has 126 valence electrons. The second kappa shape index (κ2) is 7.24. The molecule has 0 radical (unpaired) electrons. The fourth-order valence-corrected chi connectivity index (χ4v) is 2.81. The number of benzene rings is 2. The predicted octanol–water partition coefficient (Wildman–Crippen LogP) is 3.67. The molecule has 5 nitrogen and oxygen atoms in total. The Balaban J connectivity index is 1.61. The lowest BCUT2D eigenvalue weighted by Crippen LogP contribution is -2.29. The highest BCUT2D eigenvalue weighted by atomic mass is 35.5. The Morgan fingerprint density at radius 2 is 2.00 bits per heavy atom. The number of nitrogens with one attached hydrogen (secondary N) is 3. The van der Waals surface area contributed by atoms with Gasteiger partial charge in [-0.3, -0.25) is 4.79 Å². The molecule has 25 heavy (non-hydrogen) atoms. The number of H-pyrrole nitrogens is 1. The van der Waals surface area contributed by atoms with E-state index in [1.807, 2.05) is 30.3 Å². The molecule has 1 heterocycles. The van der Waals surface area contributed by atoms with Crippen LogP contribution in [0.4, 0.5) is 10.1 Å². The second-order valence-electron chi connectivity index (χ2n) is 5.32. The largest absolute Gasteiger partial charge is 0.382 e. The molecule has 3 rings (SSSR count). The maximum Gasteiger partial charge on any atom is 0.269 e. The van der Waals surface area contributed by atoms with Gasteiger partial charge in [-0.05, 0) is 18.2 Å². The molecule has 3 N–H and O–H groups in total. The van der Waals surface area contributed by atoms with Crippen molar-refractivity contribution in [3.05, 3.63) is 64.6 Å². The zero-order valence-corrected chi connectivity index (χ0v) is 13.8. The lowest BCUT2D eigenvalue weighted by Gasteiger charge is -2.09. The predicted molar refractivity (Wildman–Crippen MR) is 95.2 cm³/mol. The molecule has 0 aliphatic heterocycles. The molecule has 2 aromatic carbocycles. The van der Waals surface area contributed by atoms with Crippen LogP contribution in [0.2, 0.25) is 5.02 Å². The topological polar surface area (TPSA) is 80.7 Å². The van der Waals surface area contributed by atoms with Crippen molar-refractivity contribution < 1.29 is 9.18 Å². The minimum atomic E-state index is -0.582. The highest BCUT2D eigenvalue weighted by molar-refractivity contribution is 6.38. The average molecular weight is 357 g/mol. The van der Waals surface area contributed by atoms with Gasteiger partial charge < -0.3 is 15.6 Å². The lowest BCUT2D eigenvalue weighted by molar-refractivity contribution is 0.0951. The van der Waals surface area contributed by atoms with E-state index < -0.39 is 5.82 Å². The fraction of sp³-hybridized carbons (Fsp3) is 0.111. The molecule has 0 saturated heterocycles. The first kappa shape index (κ1) is 16.8. The number of anilines is 1. The number of fused-ring (bicyclic) bond motifs is 1. The molecule has 0 atom stereocenters. The minimum Gasteiger partial charge on any atom is -0.382 e. The summed E-state index contributed by atoms with van der Waals surface area (Å²) in [5.74, 6) is -0.913. The molecule has 0 fully saturated rings. The zero-order chi connectivity index (χ0) is 17.8. The number of rotatable bonds is 5. The second-order valence-corrected chi connectivity index (χ2v) is 5.69. The van der Waals surface area contributed by atoms with E-state index in [9.17, 15) is 9.18 Å². The highest BCUT2D eigenvalue weighted by Crippen LogP contribution is 2.26. The van der Waals surface area contributed by atoms with E-state index in [-0.39, 0.29) is 18.0 Å². The lowest BCUT2D eigenvalue weighted by atomic mass is 10.2. The quantitative estimate of drug-likeness (QED) is 0.610. The number of hydrogen-bond acceptors (Lipinski definition) is 3. The Kier molecular flexibility index (Phi) is 4.87. The number of aromatic amines is 1. The Bertz CT molecular complexity index is 977. The average Bonchev–Trinajstić information content (AvgIpc) is 2.96. The summed E-state index contributed by atoms with van der Waals surface area (Å²) in [6, 6.07) is 13.5. The van der Waals surface area contributed by atoms with Crippen LogP contribution in [0.3, 0.4) is 0 Å². The third-order valence-corrected chi connectivity index (χ3v) is 4.11. The van der Waals surface area contributed by atoms with Gasteiger partial charge in [-0.15, -0.1) is 0 Å². The number of amides is 1. The van der Waals surface area contributed by atoms with Crippen LogP contribution >= 0.6 is 11.6 Å². The van der Waals surface area contributed by atoms with Crippen molar-refractivity contribution in [2.45, 2.75) is 0 Å². The summed E-state index contributed by atoms with van der Waals surface area (Å²) in [6.07, 6.45) is 0. The van der Waals surface area contributed by atoms with Gasteiger partial charge in [-0.25, -0.2) is 4.39 Å². The number of para-hydroxylation sites is 1. The summed E-state index contributed by atoms with van der Waals surface area (Å²) in [6.45, 7) is 0.619. The number of nitriles is 1. The Morgan fingerprint density at radius 1 is 1.20 bits per heavy atom. The van der Waals surface area contributed by atoms with E-state index in [1.54, 1.807) is 6.07 Å². The normalized spacial score (nSPS) is 10.4. The smallest absolute Gasteiger partial charge is 0.269 e. The molecule has 0 saturated carbocycles. The molecule has 0 aliphatic rings. The maximum atomic E-state index is 13.5. The summed E-state index contributed by atoms with van der Waals surface area (Å²) >= 11 is 6.23. The van der Waals surface area contributed by atoms with Crippen molar-refractivity contribution in [2.24, 2.45) is 0 Å². The van der Waals surface area contributed by atoms with Crippen LogP contribution in [0.25, 0.3) is 10.9 Å². The van der Waals surface area contributed by atoms with Gasteiger partial charge in [-0.2, -0.15) is 5.26 Å². The standard InChI is InChI=1S/C18H14ClFN4O/c19-16-11-4-1-2-6-15(11)24-17(16)18(25)23-9-8-22-14-7-3-5-13(20)12(14)10-21/h1-7,22,24H,8-9H2,(H,23,25). The molecule has 3 aromatic rings. The van der Waals surface area contributed by atoms with Gasteiger partial charge >= 0.3 is 0 Å². The van der Waals surface area contributed by atoms with Crippen LogP contribution in [0, 0.1) is 17.1 Å². The van der Waals surface area contributed by atoms with Crippen LogP contribution in [0.5, 0.6) is 0 Å². The van der Waals surface area contributed by atoms with Crippen LogP contribution in [0.15, 0.2) is 42.5 Å². The first-order chi connectivity index (χ1) is 12.1. The molecule has 1 amide bonds. The van der Waals surface area contributed by atoms with E-state index in [4.69, 9.17) is 16.9 Å². The Morgan fingerprint density at radius 3 is 2.76 bits per heavy atom. The summed E-state index contributed by atoms with van der Waals surface area (Å²) in [5, 5.41) is 15.8. The molecule has 1 aromatic heterocycles. The van der Waals surface area contributed by atoms with Crippen LogP contribution in [-0.2, 0) is 0 Å². The fourth-order valence-electron chi connectivity index (χ4n) is 2.51. The van der Waals surface area contributed by atoms with Crippen molar-refractivity contribution in [2.75, 3.05) is 18.4 Å². The van der Waals surface area contributed by atoms with Crippen molar-refractivity contribution >= 4 is 34.1 Å². The molecule has 7 heteroatoms. The number of carbonyl (C=O) groups excluding carboxylic acids is 1. The number of aromatic nitrogens is 1. The molecular formula is C18H14ClFN4O. The summed E-state index contributed by atoms with van der Waals surface area (Å²) < 4.78 is 13.5.